The quantitative estimate of drug-likeness (QED) is 0.547. The van der Waals surface area contributed by atoms with Gasteiger partial charge in [0, 0.05) is 29.5 Å². The number of rotatable bonds is 6. The van der Waals surface area contributed by atoms with Gasteiger partial charge >= 0.3 is 0 Å². The molecule has 0 aliphatic rings. The first-order chi connectivity index (χ1) is 14.7. The largest absolute Gasteiger partial charge is 0.355 e. The molecule has 0 saturated heterocycles. The summed E-state index contributed by atoms with van der Waals surface area (Å²) in [6.45, 7) is 3.86. The minimum Gasteiger partial charge on any atom is -0.355 e. The highest BCUT2D eigenvalue weighted by molar-refractivity contribution is 7.92. The van der Waals surface area contributed by atoms with Crippen molar-refractivity contribution in [3.05, 3.63) is 89.0 Å². The second-order valence-corrected chi connectivity index (χ2v) is 8.72. The van der Waals surface area contributed by atoms with Crippen molar-refractivity contribution in [2.24, 2.45) is 0 Å². The molecule has 3 N–H and O–H groups in total. The molecule has 0 aliphatic carbocycles. The Morgan fingerprint density at radius 2 is 1.26 bits per heavy atom. The minimum atomic E-state index is -3.78. The molecule has 3 aromatic rings. The van der Waals surface area contributed by atoms with E-state index in [1.54, 1.807) is 43.4 Å². The lowest BCUT2D eigenvalue weighted by Gasteiger charge is -2.11. The molecule has 0 unspecified atom stereocenters. The van der Waals surface area contributed by atoms with E-state index < -0.39 is 15.9 Å². The van der Waals surface area contributed by atoms with E-state index >= 15 is 0 Å². The Labute approximate surface area is 181 Å². The average molecular weight is 438 g/mol. The summed E-state index contributed by atoms with van der Waals surface area (Å²) in [5, 5.41) is 5.24. The van der Waals surface area contributed by atoms with Gasteiger partial charge in [-0.1, -0.05) is 6.07 Å². The van der Waals surface area contributed by atoms with Crippen LogP contribution < -0.4 is 15.4 Å². The van der Waals surface area contributed by atoms with Crippen LogP contribution in [0.4, 0.5) is 11.4 Å². The summed E-state index contributed by atoms with van der Waals surface area (Å²) < 4.78 is 27.8. The predicted molar refractivity (Wildman–Crippen MR) is 121 cm³/mol. The predicted octanol–water partition coefficient (Wildman–Crippen LogP) is 3.72. The summed E-state index contributed by atoms with van der Waals surface area (Å²) in [5.74, 6) is -0.608. The van der Waals surface area contributed by atoms with Crippen molar-refractivity contribution in [3.8, 4) is 0 Å². The molecule has 8 heteroatoms. The fraction of sp³-hybridized carbons (Fsp3) is 0.130. The van der Waals surface area contributed by atoms with Crippen LogP contribution in [0.25, 0.3) is 0 Å². The molecule has 0 heterocycles. The van der Waals surface area contributed by atoms with Gasteiger partial charge in [-0.2, -0.15) is 0 Å². The molecule has 3 aromatic carbocycles. The van der Waals surface area contributed by atoms with Gasteiger partial charge in [0.25, 0.3) is 21.8 Å². The van der Waals surface area contributed by atoms with Crippen molar-refractivity contribution >= 4 is 33.2 Å². The summed E-state index contributed by atoms with van der Waals surface area (Å²) in [7, 11) is -2.24. The Morgan fingerprint density at radius 3 is 1.84 bits per heavy atom. The second-order valence-electron chi connectivity index (χ2n) is 7.04. The van der Waals surface area contributed by atoms with Gasteiger partial charge < -0.3 is 10.6 Å². The smallest absolute Gasteiger partial charge is 0.261 e. The summed E-state index contributed by atoms with van der Waals surface area (Å²) in [5.41, 5.74) is 3.83. The van der Waals surface area contributed by atoms with Crippen molar-refractivity contribution in [3.63, 3.8) is 0 Å². The zero-order valence-corrected chi connectivity index (χ0v) is 18.2. The number of sulfonamides is 1. The first-order valence-electron chi connectivity index (χ1n) is 9.53. The first-order valence-corrected chi connectivity index (χ1v) is 11.0. The third kappa shape index (κ3) is 5.29. The zero-order chi connectivity index (χ0) is 22.6. The lowest BCUT2D eigenvalue weighted by atomic mass is 10.1. The molecule has 0 spiro atoms. The average Bonchev–Trinajstić information content (AvgIpc) is 2.76. The molecular formula is C23H23N3O4S. The highest BCUT2D eigenvalue weighted by atomic mass is 32.2. The molecule has 2 amide bonds. The van der Waals surface area contributed by atoms with E-state index in [9.17, 15) is 18.0 Å². The van der Waals surface area contributed by atoms with E-state index in [0.717, 1.165) is 11.1 Å². The third-order valence-electron chi connectivity index (χ3n) is 4.82. The van der Waals surface area contributed by atoms with Crippen molar-refractivity contribution in [1.82, 2.24) is 5.32 Å². The van der Waals surface area contributed by atoms with Crippen LogP contribution in [0.2, 0.25) is 0 Å². The van der Waals surface area contributed by atoms with Gasteiger partial charge in [-0.05, 0) is 85.6 Å². The van der Waals surface area contributed by atoms with Crippen LogP contribution in [-0.2, 0) is 10.0 Å². The maximum absolute atomic E-state index is 12.6. The lowest BCUT2D eigenvalue weighted by Crippen LogP contribution is -2.18. The molecule has 0 aliphatic heterocycles. The van der Waals surface area contributed by atoms with Crippen molar-refractivity contribution in [1.29, 1.82) is 0 Å². The molecule has 0 aromatic heterocycles. The van der Waals surface area contributed by atoms with Crippen LogP contribution in [0.15, 0.2) is 71.6 Å². The fourth-order valence-electron chi connectivity index (χ4n) is 2.86. The SMILES string of the molecule is CNC(=O)c1ccc(NC(=O)c2ccc(S(=O)(=O)Nc3ccc(C)c(C)c3)cc2)cc1. The van der Waals surface area contributed by atoms with Gasteiger partial charge in [0.1, 0.15) is 0 Å². The van der Waals surface area contributed by atoms with Gasteiger partial charge in [-0.25, -0.2) is 8.42 Å². The van der Waals surface area contributed by atoms with Crippen molar-refractivity contribution < 1.29 is 18.0 Å². The van der Waals surface area contributed by atoms with Gasteiger partial charge in [0.15, 0.2) is 0 Å². The molecule has 3 rings (SSSR count). The van der Waals surface area contributed by atoms with E-state index in [4.69, 9.17) is 0 Å². The lowest BCUT2D eigenvalue weighted by molar-refractivity contribution is 0.0962. The van der Waals surface area contributed by atoms with Crippen LogP contribution >= 0.6 is 0 Å². The number of carbonyl (C=O) groups is 2. The maximum atomic E-state index is 12.6. The Hall–Kier alpha value is -3.65. The van der Waals surface area contributed by atoms with E-state index in [-0.39, 0.29) is 10.8 Å². The number of carbonyl (C=O) groups excluding carboxylic acids is 2. The number of benzene rings is 3. The highest BCUT2D eigenvalue weighted by Gasteiger charge is 2.16. The number of nitrogens with one attached hydrogen (secondary N) is 3. The molecule has 0 fully saturated rings. The Balaban J connectivity index is 1.70. The molecule has 160 valence electrons. The summed E-state index contributed by atoms with van der Waals surface area (Å²) in [6.07, 6.45) is 0. The Morgan fingerprint density at radius 1 is 0.710 bits per heavy atom. The van der Waals surface area contributed by atoms with Gasteiger partial charge in [0.05, 0.1) is 4.90 Å². The van der Waals surface area contributed by atoms with Crippen molar-refractivity contribution in [2.75, 3.05) is 17.1 Å². The minimum absolute atomic E-state index is 0.0530. The summed E-state index contributed by atoms with van der Waals surface area (Å²) in [6, 6.07) is 17.4. The number of aryl methyl sites for hydroxylation is 2. The monoisotopic (exact) mass is 437 g/mol. The summed E-state index contributed by atoms with van der Waals surface area (Å²) >= 11 is 0. The molecule has 0 radical (unpaired) electrons. The van der Waals surface area contributed by atoms with Gasteiger partial charge in [-0.3, -0.25) is 14.3 Å². The van der Waals surface area contributed by atoms with Crippen LogP contribution in [0.1, 0.15) is 31.8 Å². The Kier molecular flexibility index (Phi) is 6.41. The van der Waals surface area contributed by atoms with Gasteiger partial charge in [-0.15, -0.1) is 0 Å². The summed E-state index contributed by atoms with van der Waals surface area (Å²) in [4.78, 5) is 24.1. The van der Waals surface area contributed by atoms with Crippen LogP contribution in [-0.4, -0.2) is 27.3 Å². The van der Waals surface area contributed by atoms with E-state index in [1.807, 2.05) is 19.9 Å². The number of anilines is 2. The highest BCUT2D eigenvalue weighted by Crippen LogP contribution is 2.20. The first kappa shape index (κ1) is 22.0. The van der Waals surface area contributed by atoms with Crippen LogP contribution in [0.5, 0.6) is 0 Å². The number of hydrogen-bond donors (Lipinski definition) is 3. The molecule has 0 saturated carbocycles. The van der Waals surface area contributed by atoms with E-state index in [1.165, 1.54) is 24.3 Å². The molecule has 7 nitrogen and oxygen atoms in total. The maximum Gasteiger partial charge on any atom is 0.261 e. The number of hydrogen-bond acceptors (Lipinski definition) is 4. The Bertz CT molecular complexity index is 1220. The molecule has 0 bridgehead atoms. The molecule has 0 atom stereocenters. The zero-order valence-electron chi connectivity index (χ0n) is 17.4. The fourth-order valence-corrected chi connectivity index (χ4v) is 3.91. The molecular weight excluding hydrogens is 414 g/mol. The topological polar surface area (TPSA) is 104 Å². The van der Waals surface area contributed by atoms with Crippen LogP contribution in [0.3, 0.4) is 0 Å². The standard InChI is InChI=1S/C23H23N3O4S/c1-15-4-9-20(14-16(15)2)26-31(29,30)21-12-7-18(8-13-21)23(28)25-19-10-5-17(6-11-19)22(27)24-3/h4-14,26H,1-3H3,(H,24,27)(H,25,28). The van der Waals surface area contributed by atoms with Gasteiger partial charge in [0.2, 0.25) is 0 Å². The third-order valence-corrected chi connectivity index (χ3v) is 6.22. The normalized spacial score (nSPS) is 10.9. The van der Waals surface area contributed by atoms with E-state index in [0.29, 0.717) is 22.5 Å². The molecule has 31 heavy (non-hydrogen) atoms. The van der Waals surface area contributed by atoms with Crippen LogP contribution in [0, 0.1) is 13.8 Å². The van der Waals surface area contributed by atoms with Crippen molar-refractivity contribution in [2.45, 2.75) is 18.7 Å². The second kappa shape index (κ2) is 9.01. The number of amides is 2. The van der Waals surface area contributed by atoms with E-state index in [2.05, 4.69) is 15.4 Å².